The van der Waals surface area contributed by atoms with E-state index in [2.05, 4.69) is 4.98 Å². The van der Waals surface area contributed by atoms with Gasteiger partial charge in [-0.25, -0.2) is 0 Å². The van der Waals surface area contributed by atoms with E-state index in [4.69, 9.17) is 23.2 Å². The second-order valence-corrected chi connectivity index (χ2v) is 5.99. The molecule has 102 valence electrons. The first-order valence-corrected chi connectivity index (χ1v) is 7.24. The molecule has 0 saturated carbocycles. The monoisotopic (exact) mass is 305 g/mol. The number of hydrogen-bond acceptors (Lipinski definition) is 2. The SMILES string of the molecule is Cc1ccnc2c1C(=O)C[C@H](c1cc(Cl)ccc1Cl)C2. The van der Waals surface area contributed by atoms with Crippen molar-refractivity contribution < 1.29 is 4.79 Å². The van der Waals surface area contributed by atoms with Crippen molar-refractivity contribution in [2.24, 2.45) is 0 Å². The summed E-state index contributed by atoms with van der Waals surface area (Å²) in [4.78, 5) is 16.7. The molecule has 1 aromatic carbocycles. The smallest absolute Gasteiger partial charge is 0.165 e. The lowest BCUT2D eigenvalue weighted by Crippen LogP contribution is -2.21. The number of benzene rings is 1. The number of carbonyl (C=O) groups excluding carboxylic acids is 1. The molecule has 0 unspecified atom stereocenters. The van der Waals surface area contributed by atoms with E-state index >= 15 is 0 Å². The Morgan fingerprint density at radius 3 is 2.80 bits per heavy atom. The summed E-state index contributed by atoms with van der Waals surface area (Å²) >= 11 is 12.3. The van der Waals surface area contributed by atoms with E-state index in [0.717, 1.165) is 28.8 Å². The molecule has 2 nitrogen and oxygen atoms in total. The van der Waals surface area contributed by atoms with Gasteiger partial charge in [-0.05, 0) is 54.7 Å². The van der Waals surface area contributed by atoms with Crippen LogP contribution in [0.4, 0.5) is 0 Å². The molecule has 0 amide bonds. The zero-order valence-electron chi connectivity index (χ0n) is 11.0. The van der Waals surface area contributed by atoms with Gasteiger partial charge in [-0.2, -0.15) is 0 Å². The van der Waals surface area contributed by atoms with Crippen LogP contribution in [-0.4, -0.2) is 10.8 Å². The fourth-order valence-corrected chi connectivity index (χ4v) is 3.28. The minimum absolute atomic E-state index is 0.0514. The molecule has 20 heavy (non-hydrogen) atoms. The Bertz CT molecular complexity index is 697. The topological polar surface area (TPSA) is 30.0 Å². The summed E-state index contributed by atoms with van der Waals surface area (Å²) in [5.41, 5.74) is 3.57. The lowest BCUT2D eigenvalue weighted by Gasteiger charge is -2.25. The zero-order chi connectivity index (χ0) is 14.3. The number of Topliss-reactive ketones (excluding diaryl/α,β-unsaturated/α-hetero) is 1. The molecular weight excluding hydrogens is 293 g/mol. The Morgan fingerprint density at radius 2 is 2.00 bits per heavy atom. The average Bonchev–Trinajstić information content (AvgIpc) is 2.41. The maximum atomic E-state index is 12.4. The van der Waals surface area contributed by atoms with Crippen LogP contribution in [0.15, 0.2) is 30.5 Å². The highest BCUT2D eigenvalue weighted by molar-refractivity contribution is 6.33. The Labute approximate surface area is 127 Å². The molecule has 0 saturated heterocycles. The summed E-state index contributed by atoms with van der Waals surface area (Å²) in [6.07, 6.45) is 2.94. The number of aryl methyl sites for hydroxylation is 1. The third-order valence-corrected chi connectivity index (χ3v) is 4.37. The van der Waals surface area contributed by atoms with Gasteiger partial charge in [0.1, 0.15) is 0 Å². The van der Waals surface area contributed by atoms with E-state index in [9.17, 15) is 4.79 Å². The molecule has 0 fully saturated rings. The van der Waals surface area contributed by atoms with E-state index < -0.39 is 0 Å². The van der Waals surface area contributed by atoms with Gasteiger partial charge in [0.2, 0.25) is 0 Å². The fourth-order valence-electron chi connectivity index (χ4n) is 2.83. The van der Waals surface area contributed by atoms with Gasteiger partial charge in [0, 0.05) is 28.2 Å². The Morgan fingerprint density at radius 1 is 1.20 bits per heavy atom. The quantitative estimate of drug-likeness (QED) is 0.770. The number of aromatic nitrogens is 1. The van der Waals surface area contributed by atoms with Crippen molar-refractivity contribution in [3.63, 3.8) is 0 Å². The van der Waals surface area contributed by atoms with Gasteiger partial charge in [0.25, 0.3) is 0 Å². The Hall–Kier alpha value is -1.38. The van der Waals surface area contributed by atoms with Crippen molar-refractivity contribution in [1.29, 1.82) is 0 Å². The number of carbonyl (C=O) groups is 1. The van der Waals surface area contributed by atoms with Crippen molar-refractivity contribution in [1.82, 2.24) is 4.98 Å². The van der Waals surface area contributed by atoms with Crippen molar-refractivity contribution in [3.05, 3.63) is 62.9 Å². The largest absolute Gasteiger partial charge is 0.294 e. The lowest BCUT2D eigenvalue weighted by atomic mass is 9.80. The van der Waals surface area contributed by atoms with E-state index in [1.165, 1.54) is 0 Å². The molecule has 0 spiro atoms. The first-order chi connectivity index (χ1) is 9.56. The van der Waals surface area contributed by atoms with Gasteiger partial charge in [0.05, 0.1) is 5.69 Å². The lowest BCUT2D eigenvalue weighted by molar-refractivity contribution is 0.0962. The van der Waals surface area contributed by atoms with Crippen LogP contribution in [0, 0.1) is 6.92 Å². The molecule has 3 rings (SSSR count). The van der Waals surface area contributed by atoms with Crippen molar-refractivity contribution in [3.8, 4) is 0 Å². The van der Waals surface area contributed by atoms with Crippen LogP contribution in [-0.2, 0) is 6.42 Å². The third-order valence-electron chi connectivity index (χ3n) is 3.79. The fraction of sp³-hybridized carbons (Fsp3) is 0.250. The summed E-state index contributed by atoms with van der Waals surface area (Å²) < 4.78 is 0. The number of ketones is 1. The summed E-state index contributed by atoms with van der Waals surface area (Å²) in [6.45, 7) is 1.95. The number of nitrogens with zero attached hydrogens (tertiary/aromatic N) is 1. The van der Waals surface area contributed by atoms with Gasteiger partial charge in [0.15, 0.2) is 5.78 Å². The molecule has 0 aliphatic heterocycles. The molecule has 1 heterocycles. The molecule has 2 aromatic rings. The summed E-state index contributed by atoms with van der Waals surface area (Å²) in [7, 11) is 0. The molecular formula is C16H13Cl2NO. The first kappa shape index (κ1) is 13.6. The maximum Gasteiger partial charge on any atom is 0.165 e. The minimum Gasteiger partial charge on any atom is -0.294 e. The maximum absolute atomic E-state index is 12.4. The summed E-state index contributed by atoms with van der Waals surface area (Å²) in [5, 5.41) is 1.29. The predicted molar refractivity (Wildman–Crippen MR) is 80.8 cm³/mol. The molecule has 0 N–H and O–H groups in total. The highest BCUT2D eigenvalue weighted by atomic mass is 35.5. The van der Waals surface area contributed by atoms with Crippen LogP contribution >= 0.6 is 23.2 Å². The van der Waals surface area contributed by atoms with Crippen LogP contribution in [0.25, 0.3) is 0 Å². The van der Waals surface area contributed by atoms with Crippen LogP contribution < -0.4 is 0 Å². The molecule has 0 radical (unpaired) electrons. The van der Waals surface area contributed by atoms with Crippen LogP contribution in [0.1, 0.15) is 39.5 Å². The summed E-state index contributed by atoms with van der Waals surface area (Å²) in [6, 6.07) is 7.27. The highest BCUT2D eigenvalue weighted by Crippen LogP contribution is 2.37. The second kappa shape index (κ2) is 5.19. The average molecular weight is 306 g/mol. The van der Waals surface area contributed by atoms with Crippen LogP contribution in [0.5, 0.6) is 0 Å². The third kappa shape index (κ3) is 2.34. The first-order valence-electron chi connectivity index (χ1n) is 6.49. The van der Waals surface area contributed by atoms with Gasteiger partial charge in [-0.15, -0.1) is 0 Å². The van der Waals surface area contributed by atoms with Crippen molar-refractivity contribution in [2.75, 3.05) is 0 Å². The van der Waals surface area contributed by atoms with E-state index in [1.807, 2.05) is 19.1 Å². The number of hydrogen-bond donors (Lipinski definition) is 0. The van der Waals surface area contributed by atoms with E-state index in [0.29, 0.717) is 16.5 Å². The van der Waals surface area contributed by atoms with Crippen LogP contribution in [0.2, 0.25) is 10.0 Å². The Balaban J connectivity index is 2.04. The highest BCUT2D eigenvalue weighted by Gasteiger charge is 2.29. The van der Waals surface area contributed by atoms with Gasteiger partial charge >= 0.3 is 0 Å². The van der Waals surface area contributed by atoms with Gasteiger partial charge in [-0.3, -0.25) is 9.78 Å². The van der Waals surface area contributed by atoms with E-state index in [-0.39, 0.29) is 11.7 Å². The Kier molecular flexibility index (Phi) is 3.53. The summed E-state index contributed by atoms with van der Waals surface area (Å²) in [5.74, 6) is 0.188. The molecule has 1 aliphatic carbocycles. The molecule has 0 bridgehead atoms. The minimum atomic E-state index is 0.0514. The predicted octanol–water partition coefficient (Wildman–Crippen LogP) is 4.61. The molecule has 4 heteroatoms. The number of rotatable bonds is 1. The molecule has 1 aliphatic rings. The molecule has 1 aromatic heterocycles. The van der Waals surface area contributed by atoms with Crippen molar-refractivity contribution in [2.45, 2.75) is 25.7 Å². The van der Waals surface area contributed by atoms with Gasteiger partial charge in [-0.1, -0.05) is 23.2 Å². The zero-order valence-corrected chi connectivity index (χ0v) is 12.5. The van der Waals surface area contributed by atoms with Gasteiger partial charge < -0.3 is 0 Å². The van der Waals surface area contributed by atoms with Crippen molar-refractivity contribution >= 4 is 29.0 Å². The number of halogens is 2. The van der Waals surface area contributed by atoms with Crippen LogP contribution in [0.3, 0.4) is 0 Å². The standard InChI is InChI=1S/C16H13Cl2NO/c1-9-4-5-19-14-6-10(7-15(20)16(9)14)12-8-11(17)2-3-13(12)18/h2-5,8,10H,6-7H2,1H3/t10-/m1/s1. The van der Waals surface area contributed by atoms with E-state index in [1.54, 1.807) is 18.3 Å². The number of pyridine rings is 1. The normalized spacial score (nSPS) is 17.9. The second-order valence-electron chi connectivity index (χ2n) is 5.14. The molecule has 1 atom stereocenters. The number of fused-ring (bicyclic) bond motifs is 1.